The first kappa shape index (κ1) is 17.9. The van der Waals surface area contributed by atoms with E-state index in [9.17, 15) is 9.90 Å². The van der Waals surface area contributed by atoms with Gasteiger partial charge in [0.2, 0.25) is 0 Å². The average molecular weight is 372 g/mol. The van der Waals surface area contributed by atoms with E-state index in [2.05, 4.69) is 12.2 Å². The van der Waals surface area contributed by atoms with Gasteiger partial charge in [-0.05, 0) is 54.4 Å². The summed E-state index contributed by atoms with van der Waals surface area (Å²) < 4.78 is 11.2. The summed E-state index contributed by atoms with van der Waals surface area (Å²) in [4.78, 5) is 12.2. The summed E-state index contributed by atoms with van der Waals surface area (Å²) in [5.74, 6) is 0.803. The van der Waals surface area contributed by atoms with E-state index in [1.54, 1.807) is 12.1 Å². The van der Waals surface area contributed by atoms with Crippen molar-refractivity contribution in [3.8, 4) is 11.5 Å². The average Bonchev–Trinajstić information content (AvgIpc) is 3.12. The summed E-state index contributed by atoms with van der Waals surface area (Å²) in [5, 5.41) is 12.7. The number of phenols is 1. The van der Waals surface area contributed by atoms with Crippen molar-refractivity contribution in [1.82, 2.24) is 0 Å². The Bertz CT molecular complexity index is 902. The van der Waals surface area contributed by atoms with Crippen molar-refractivity contribution >= 4 is 23.2 Å². The molecule has 2 aromatic carbocycles. The molecule has 0 atom stereocenters. The molecule has 1 amide bonds. The fraction of sp³-hybridized carbons (Fsp3) is 0.150. The molecule has 6 heteroatoms. The molecule has 0 unspecified atom stereocenters. The summed E-state index contributed by atoms with van der Waals surface area (Å²) in [7, 11) is 0. The van der Waals surface area contributed by atoms with Crippen LogP contribution in [0.25, 0.3) is 0 Å². The SMILES string of the molecule is CCc1ccc(OCc2ccc(C(=O)Nc3cc(Cl)ccc3O)o2)cc1. The van der Waals surface area contributed by atoms with Crippen LogP contribution in [0.5, 0.6) is 11.5 Å². The van der Waals surface area contributed by atoms with Gasteiger partial charge in [0.1, 0.15) is 23.9 Å². The number of furan rings is 1. The van der Waals surface area contributed by atoms with Gasteiger partial charge in [-0.3, -0.25) is 4.79 Å². The summed E-state index contributed by atoms with van der Waals surface area (Å²) >= 11 is 5.87. The molecule has 1 aromatic heterocycles. The fourth-order valence-electron chi connectivity index (χ4n) is 2.35. The number of phenolic OH excluding ortho intramolecular Hbond substituents is 1. The molecule has 0 fully saturated rings. The van der Waals surface area contributed by atoms with Crippen LogP contribution < -0.4 is 10.1 Å². The predicted octanol–water partition coefficient (Wildman–Crippen LogP) is 5.03. The number of ether oxygens (including phenoxy) is 1. The quantitative estimate of drug-likeness (QED) is 0.596. The zero-order valence-corrected chi connectivity index (χ0v) is 14.9. The Morgan fingerprint density at radius 2 is 1.92 bits per heavy atom. The maximum atomic E-state index is 12.2. The number of amides is 1. The monoisotopic (exact) mass is 371 g/mol. The van der Waals surface area contributed by atoms with Crippen LogP contribution in [0.4, 0.5) is 5.69 Å². The number of nitrogens with one attached hydrogen (secondary N) is 1. The first-order valence-electron chi connectivity index (χ1n) is 8.15. The van der Waals surface area contributed by atoms with Crippen LogP contribution >= 0.6 is 11.6 Å². The van der Waals surface area contributed by atoms with E-state index in [1.165, 1.54) is 23.8 Å². The molecular formula is C20H18ClNO4. The highest BCUT2D eigenvalue weighted by atomic mass is 35.5. The Kier molecular flexibility index (Phi) is 5.49. The number of hydrogen-bond acceptors (Lipinski definition) is 4. The van der Waals surface area contributed by atoms with Crippen molar-refractivity contribution in [3.05, 3.63) is 76.7 Å². The third-order valence-corrected chi connectivity index (χ3v) is 4.04. The molecule has 1 heterocycles. The van der Waals surface area contributed by atoms with E-state index in [-0.39, 0.29) is 23.8 Å². The molecule has 0 aliphatic carbocycles. The van der Waals surface area contributed by atoms with Crippen LogP contribution in [0.1, 0.15) is 28.8 Å². The van der Waals surface area contributed by atoms with Crippen molar-refractivity contribution in [2.24, 2.45) is 0 Å². The zero-order chi connectivity index (χ0) is 18.5. The molecule has 0 saturated carbocycles. The number of anilines is 1. The van der Waals surface area contributed by atoms with Crippen LogP contribution in [-0.2, 0) is 13.0 Å². The Hall–Kier alpha value is -2.92. The molecular weight excluding hydrogens is 354 g/mol. The lowest BCUT2D eigenvalue weighted by Gasteiger charge is -2.06. The smallest absolute Gasteiger partial charge is 0.291 e. The van der Waals surface area contributed by atoms with E-state index >= 15 is 0 Å². The van der Waals surface area contributed by atoms with Crippen LogP contribution in [0.15, 0.2) is 59.0 Å². The van der Waals surface area contributed by atoms with Gasteiger partial charge in [-0.25, -0.2) is 0 Å². The molecule has 26 heavy (non-hydrogen) atoms. The highest BCUT2D eigenvalue weighted by Crippen LogP contribution is 2.27. The van der Waals surface area contributed by atoms with Crippen molar-refractivity contribution in [3.63, 3.8) is 0 Å². The number of aromatic hydroxyl groups is 1. The lowest BCUT2D eigenvalue weighted by molar-refractivity contribution is 0.0992. The number of hydrogen-bond donors (Lipinski definition) is 2. The third-order valence-electron chi connectivity index (χ3n) is 3.80. The molecule has 0 aliphatic heterocycles. The Morgan fingerprint density at radius 1 is 1.15 bits per heavy atom. The second-order valence-electron chi connectivity index (χ2n) is 5.67. The van der Waals surface area contributed by atoms with E-state index in [1.807, 2.05) is 24.3 Å². The van der Waals surface area contributed by atoms with Crippen LogP contribution in [0, 0.1) is 0 Å². The Morgan fingerprint density at radius 3 is 2.65 bits per heavy atom. The van der Waals surface area contributed by atoms with Crippen LogP contribution in [0.3, 0.4) is 0 Å². The highest BCUT2D eigenvalue weighted by molar-refractivity contribution is 6.31. The molecule has 0 spiro atoms. The molecule has 3 rings (SSSR count). The van der Waals surface area contributed by atoms with E-state index in [0.717, 1.165) is 12.2 Å². The van der Waals surface area contributed by atoms with Gasteiger partial charge >= 0.3 is 0 Å². The molecule has 2 N–H and O–H groups in total. The topological polar surface area (TPSA) is 71.7 Å². The number of halogens is 1. The Balaban J connectivity index is 1.61. The van der Waals surface area contributed by atoms with Gasteiger partial charge in [0.05, 0.1) is 5.69 Å². The molecule has 0 saturated heterocycles. The summed E-state index contributed by atoms with van der Waals surface area (Å²) in [5.41, 5.74) is 1.45. The van der Waals surface area contributed by atoms with Gasteiger partial charge in [-0.2, -0.15) is 0 Å². The second-order valence-corrected chi connectivity index (χ2v) is 6.10. The lowest BCUT2D eigenvalue weighted by atomic mass is 10.2. The molecule has 5 nitrogen and oxygen atoms in total. The maximum Gasteiger partial charge on any atom is 0.291 e. The van der Waals surface area contributed by atoms with E-state index < -0.39 is 5.91 Å². The minimum atomic E-state index is -0.485. The normalized spacial score (nSPS) is 10.5. The first-order valence-corrected chi connectivity index (χ1v) is 8.53. The summed E-state index contributed by atoms with van der Waals surface area (Å²) in [6, 6.07) is 15.4. The summed E-state index contributed by atoms with van der Waals surface area (Å²) in [6.07, 6.45) is 0.971. The van der Waals surface area contributed by atoms with Crippen molar-refractivity contribution in [2.45, 2.75) is 20.0 Å². The number of carbonyl (C=O) groups is 1. The van der Waals surface area contributed by atoms with E-state index in [4.69, 9.17) is 20.8 Å². The molecule has 0 radical (unpaired) electrons. The third kappa shape index (κ3) is 4.37. The van der Waals surface area contributed by atoms with Gasteiger partial charge in [0.15, 0.2) is 5.76 Å². The number of rotatable bonds is 6. The van der Waals surface area contributed by atoms with Gasteiger partial charge in [0.25, 0.3) is 5.91 Å². The minimum Gasteiger partial charge on any atom is -0.506 e. The molecule has 3 aromatic rings. The molecule has 134 valence electrons. The van der Waals surface area contributed by atoms with Gasteiger partial charge in [-0.15, -0.1) is 0 Å². The number of aryl methyl sites for hydroxylation is 1. The van der Waals surface area contributed by atoms with Crippen molar-refractivity contribution in [2.75, 3.05) is 5.32 Å². The van der Waals surface area contributed by atoms with Gasteiger partial charge in [0, 0.05) is 5.02 Å². The molecule has 0 bridgehead atoms. The first-order chi connectivity index (χ1) is 12.5. The standard InChI is InChI=1S/C20H18ClNO4/c1-2-13-3-6-15(7-4-13)25-12-16-8-10-19(26-16)20(24)22-17-11-14(21)5-9-18(17)23/h3-11,23H,2,12H2,1H3,(H,22,24). The lowest BCUT2D eigenvalue weighted by Crippen LogP contribution is -2.11. The van der Waals surface area contributed by atoms with Crippen molar-refractivity contribution < 1.29 is 19.1 Å². The van der Waals surface area contributed by atoms with Crippen molar-refractivity contribution in [1.29, 1.82) is 0 Å². The molecule has 0 aliphatic rings. The maximum absolute atomic E-state index is 12.2. The number of benzene rings is 2. The summed E-state index contributed by atoms with van der Waals surface area (Å²) in [6.45, 7) is 2.30. The highest BCUT2D eigenvalue weighted by Gasteiger charge is 2.14. The van der Waals surface area contributed by atoms with Crippen LogP contribution in [-0.4, -0.2) is 11.0 Å². The van der Waals surface area contributed by atoms with Gasteiger partial charge in [-0.1, -0.05) is 30.7 Å². The Labute approximate surface area is 156 Å². The zero-order valence-electron chi connectivity index (χ0n) is 14.2. The second kappa shape index (κ2) is 7.97. The fourth-order valence-corrected chi connectivity index (χ4v) is 2.52. The van der Waals surface area contributed by atoms with Gasteiger partial charge < -0.3 is 19.6 Å². The number of carbonyl (C=O) groups excluding carboxylic acids is 1. The predicted molar refractivity (Wildman–Crippen MR) is 99.9 cm³/mol. The van der Waals surface area contributed by atoms with Crippen LogP contribution in [0.2, 0.25) is 5.02 Å². The van der Waals surface area contributed by atoms with E-state index in [0.29, 0.717) is 10.8 Å². The largest absolute Gasteiger partial charge is 0.506 e. The minimum absolute atomic E-state index is 0.0756.